The molecule has 10 nitrogen and oxygen atoms in total. The number of rotatable bonds is 8. The Morgan fingerprint density at radius 2 is 1.93 bits per heavy atom. The number of likely N-dealkylation sites (tertiary alicyclic amines) is 1. The number of nitrogens with zero attached hydrogens (tertiary/aromatic N) is 3. The number of hydrogen-bond donors (Lipinski definition) is 2. The SMILES string of the molecule is COc1cc(C(=O)N[C@H](C)C(=O)N2[C@H](c3cccc(Cl)c3)CC[C@@H]2C(C)(C)C#N)ccc1Oc1cc(C)n[nH]c1=O. The highest BCUT2D eigenvalue weighted by Gasteiger charge is 2.46. The first-order chi connectivity index (χ1) is 19.4. The number of amides is 2. The summed E-state index contributed by atoms with van der Waals surface area (Å²) in [4.78, 5) is 40.9. The number of halogens is 1. The van der Waals surface area contributed by atoms with Crippen molar-refractivity contribution < 1.29 is 19.1 Å². The minimum absolute atomic E-state index is 0.0296. The zero-order valence-corrected chi connectivity index (χ0v) is 24.3. The molecule has 1 aromatic heterocycles. The molecule has 1 fully saturated rings. The number of hydrogen-bond acceptors (Lipinski definition) is 7. The lowest BCUT2D eigenvalue weighted by Crippen LogP contribution is -2.52. The third kappa shape index (κ3) is 6.36. The Morgan fingerprint density at radius 1 is 1.17 bits per heavy atom. The lowest BCUT2D eigenvalue weighted by Gasteiger charge is -2.38. The fourth-order valence-electron chi connectivity index (χ4n) is 5.08. The summed E-state index contributed by atoms with van der Waals surface area (Å²) in [6.07, 6.45) is 1.31. The monoisotopic (exact) mass is 577 g/mol. The molecule has 0 spiro atoms. The van der Waals surface area contributed by atoms with Crippen molar-refractivity contribution in [3.63, 3.8) is 0 Å². The molecule has 0 radical (unpaired) electrons. The number of carbonyl (C=O) groups excluding carboxylic acids is 2. The predicted molar refractivity (Wildman–Crippen MR) is 153 cm³/mol. The van der Waals surface area contributed by atoms with Crippen LogP contribution in [0, 0.1) is 23.7 Å². The second-order valence-electron chi connectivity index (χ2n) is 10.6. The van der Waals surface area contributed by atoms with E-state index in [9.17, 15) is 19.6 Å². The maximum atomic E-state index is 13.9. The summed E-state index contributed by atoms with van der Waals surface area (Å²) >= 11 is 6.25. The van der Waals surface area contributed by atoms with Crippen LogP contribution in [0.15, 0.2) is 53.3 Å². The van der Waals surface area contributed by atoms with Crippen molar-refractivity contribution in [3.05, 3.63) is 80.7 Å². The van der Waals surface area contributed by atoms with Crippen LogP contribution < -0.4 is 20.3 Å². The third-order valence-corrected chi connectivity index (χ3v) is 7.49. The minimum Gasteiger partial charge on any atom is -0.493 e. The van der Waals surface area contributed by atoms with Crippen molar-refractivity contribution in [2.75, 3.05) is 7.11 Å². The summed E-state index contributed by atoms with van der Waals surface area (Å²) in [5.74, 6) is -0.313. The molecule has 11 heteroatoms. The van der Waals surface area contributed by atoms with E-state index in [1.54, 1.807) is 24.8 Å². The maximum absolute atomic E-state index is 13.9. The molecule has 1 aliphatic heterocycles. The van der Waals surface area contributed by atoms with Gasteiger partial charge in [-0.2, -0.15) is 10.4 Å². The number of ether oxygens (including phenoxy) is 2. The van der Waals surface area contributed by atoms with Gasteiger partial charge in [-0.15, -0.1) is 0 Å². The molecule has 2 aromatic carbocycles. The highest BCUT2D eigenvalue weighted by Crippen LogP contribution is 2.43. The van der Waals surface area contributed by atoms with Gasteiger partial charge in [0.05, 0.1) is 36.4 Å². The van der Waals surface area contributed by atoms with Crippen molar-refractivity contribution >= 4 is 23.4 Å². The lowest BCUT2D eigenvalue weighted by molar-refractivity contribution is -0.137. The van der Waals surface area contributed by atoms with Gasteiger partial charge in [-0.1, -0.05) is 23.7 Å². The number of carbonyl (C=O) groups is 2. The van der Waals surface area contributed by atoms with E-state index in [1.165, 1.54) is 31.4 Å². The van der Waals surface area contributed by atoms with Crippen LogP contribution in [0.1, 0.15) is 61.3 Å². The third-order valence-electron chi connectivity index (χ3n) is 7.26. The topological polar surface area (TPSA) is 137 Å². The number of aryl methyl sites for hydroxylation is 1. The van der Waals surface area contributed by atoms with Crippen molar-refractivity contribution in [1.82, 2.24) is 20.4 Å². The van der Waals surface area contributed by atoms with E-state index >= 15 is 0 Å². The molecule has 2 amide bonds. The fraction of sp³-hybridized carbons (Fsp3) is 0.367. The zero-order valence-electron chi connectivity index (χ0n) is 23.5. The van der Waals surface area contributed by atoms with Gasteiger partial charge in [0, 0.05) is 16.7 Å². The van der Waals surface area contributed by atoms with Crippen molar-refractivity contribution in [2.24, 2.45) is 5.41 Å². The normalized spacial score (nSPS) is 17.4. The van der Waals surface area contributed by atoms with Gasteiger partial charge in [0.25, 0.3) is 5.91 Å². The van der Waals surface area contributed by atoms with E-state index in [1.807, 2.05) is 32.0 Å². The van der Waals surface area contributed by atoms with Crippen molar-refractivity contribution in [2.45, 2.75) is 58.7 Å². The average molecular weight is 578 g/mol. The largest absolute Gasteiger partial charge is 0.493 e. The number of nitriles is 1. The predicted octanol–water partition coefficient (Wildman–Crippen LogP) is 4.93. The Kier molecular flexibility index (Phi) is 8.69. The molecule has 4 rings (SSSR count). The Balaban J connectivity index is 1.55. The molecule has 0 saturated carbocycles. The van der Waals surface area contributed by atoms with Crippen LogP contribution in [0.25, 0.3) is 0 Å². The van der Waals surface area contributed by atoms with Crippen LogP contribution in [0.2, 0.25) is 5.02 Å². The first-order valence-electron chi connectivity index (χ1n) is 13.2. The van der Waals surface area contributed by atoms with E-state index in [0.29, 0.717) is 23.6 Å². The molecular weight excluding hydrogens is 546 g/mol. The van der Waals surface area contributed by atoms with E-state index in [2.05, 4.69) is 21.6 Å². The summed E-state index contributed by atoms with van der Waals surface area (Å²) in [7, 11) is 1.42. The highest BCUT2D eigenvalue weighted by atomic mass is 35.5. The first kappa shape index (κ1) is 29.6. The molecule has 0 unspecified atom stereocenters. The van der Waals surface area contributed by atoms with E-state index in [0.717, 1.165) is 5.56 Å². The fourth-order valence-corrected chi connectivity index (χ4v) is 5.28. The lowest BCUT2D eigenvalue weighted by atomic mass is 9.84. The summed E-state index contributed by atoms with van der Waals surface area (Å²) in [6, 6.07) is 14.1. The summed E-state index contributed by atoms with van der Waals surface area (Å²) < 4.78 is 11.1. The van der Waals surface area contributed by atoms with Crippen LogP contribution in [0.4, 0.5) is 0 Å². The van der Waals surface area contributed by atoms with Gasteiger partial charge < -0.3 is 19.7 Å². The standard InChI is InChI=1S/C30H32ClN5O5/c1-17-13-25(28(38)35-34-17)41-23-11-9-20(15-24(23)40-5)27(37)33-18(2)29(39)36-22(19-7-6-8-21(31)14-19)10-12-26(36)30(3,4)16-32/h6-9,11,13-15,18,22,26H,10,12H2,1-5H3,(H,33,37)(H,35,38)/t18-,22+,26-/m1/s1. The maximum Gasteiger partial charge on any atom is 0.307 e. The zero-order chi connectivity index (χ0) is 29.9. The van der Waals surface area contributed by atoms with Gasteiger partial charge in [0.15, 0.2) is 17.2 Å². The molecule has 214 valence electrons. The second kappa shape index (κ2) is 12.0. The number of aromatic amines is 1. The van der Waals surface area contributed by atoms with Gasteiger partial charge in [-0.3, -0.25) is 14.4 Å². The van der Waals surface area contributed by atoms with Crippen molar-refractivity contribution in [3.8, 4) is 23.3 Å². The van der Waals surface area contributed by atoms with Gasteiger partial charge in [-0.25, -0.2) is 5.10 Å². The highest BCUT2D eigenvalue weighted by molar-refractivity contribution is 6.30. The Labute approximate surface area is 243 Å². The summed E-state index contributed by atoms with van der Waals surface area (Å²) in [5, 5.41) is 19.4. The van der Waals surface area contributed by atoms with Crippen LogP contribution in [0.5, 0.6) is 17.2 Å². The molecular formula is C30H32ClN5O5. The van der Waals surface area contributed by atoms with Gasteiger partial charge in [0.1, 0.15) is 6.04 Å². The molecule has 2 N–H and O–H groups in total. The molecule has 1 aliphatic rings. The number of H-pyrrole nitrogens is 1. The van der Waals surface area contributed by atoms with Crippen LogP contribution >= 0.6 is 11.6 Å². The molecule has 2 heterocycles. The molecule has 3 aromatic rings. The van der Waals surface area contributed by atoms with Crippen LogP contribution in [0.3, 0.4) is 0 Å². The smallest absolute Gasteiger partial charge is 0.307 e. The first-order valence-corrected chi connectivity index (χ1v) is 13.5. The molecule has 0 aliphatic carbocycles. The van der Waals surface area contributed by atoms with Crippen molar-refractivity contribution in [1.29, 1.82) is 5.26 Å². The van der Waals surface area contributed by atoms with E-state index in [4.69, 9.17) is 21.1 Å². The quantitative estimate of drug-likeness (QED) is 0.387. The number of benzene rings is 2. The minimum atomic E-state index is -0.889. The molecule has 41 heavy (non-hydrogen) atoms. The Morgan fingerprint density at radius 3 is 2.61 bits per heavy atom. The van der Waals surface area contributed by atoms with Gasteiger partial charge >= 0.3 is 5.56 Å². The molecule has 0 bridgehead atoms. The summed E-state index contributed by atoms with van der Waals surface area (Å²) in [5.41, 5.74) is 0.358. The van der Waals surface area contributed by atoms with E-state index in [-0.39, 0.29) is 40.8 Å². The molecule has 1 saturated heterocycles. The number of methoxy groups -OCH3 is 1. The van der Waals surface area contributed by atoms with Gasteiger partial charge in [-0.05, 0) is 76.4 Å². The average Bonchev–Trinajstić information content (AvgIpc) is 3.41. The Bertz CT molecular complexity index is 1560. The van der Waals surface area contributed by atoms with Crippen LogP contribution in [-0.4, -0.2) is 46.1 Å². The van der Waals surface area contributed by atoms with Gasteiger partial charge in [0.2, 0.25) is 5.91 Å². The van der Waals surface area contributed by atoms with Crippen LogP contribution in [-0.2, 0) is 4.79 Å². The number of nitrogens with one attached hydrogen (secondary N) is 2. The van der Waals surface area contributed by atoms with E-state index < -0.39 is 22.9 Å². The second-order valence-corrected chi connectivity index (χ2v) is 11.0. The Hall–Kier alpha value is -4.36. The molecule has 3 atom stereocenters. The summed E-state index contributed by atoms with van der Waals surface area (Å²) in [6.45, 7) is 6.96. The number of aromatic nitrogens is 2.